The number of hydrogen-bond donors (Lipinski definition) is 4. The average Bonchev–Trinajstić information content (AvgIpc) is 3.30. The molecule has 2 amide bonds. The fourth-order valence-corrected chi connectivity index (χ4v) is 5.45. The summed E-state index contributed by atoms with van der Waals surface area (Å²) >= 11 is 0. The number of carbonyl (C=O) groups excluding carboxylic acids is 1. The van der Waals surface area contributed by atoms with Crippen LogP contribution in [-0.2, 0) is 6.42 Å². The molecular weight excluding hydrogens is 475 g/mol. The van der Waals surface area contributed by atoms with Gasteiger partial charge < -0.3 is 21.4 Å². The second-order valence-corrected chi connectivity index (χ2v) is 11.4. The third-order valence-corrected chi connectivity index (χ3v) is 7.55. The maximum atomic E-state index is 13.3. The number of hydrogen-bond acceptors (Lipinski definition) is 3. The van der Waals surface area contributed by atoms with Crippen LogP contribution in [0.2, 0.25) is 0 Å². The highest BCUT2D eigenvalue weighted by Crippen LogP contribution is 2.41. The molecule has 3 aromatic carbocycles. The van der Waals surface area contributed by atoms with E-state index in [1.165, 1.54) is 29.5 Å². The Morgan fingerprint density at radius 2 is 1.84 bits per heavy atom. The van der Waals surface area contributed by atoms with Gasteiger partial charge >= 0.3 is 6.03 Å². The molecule has 6 heteroatoms. The van der Waals surface area contributed by atoms with Crippen LogP contribution in [0.5, 0.6) is 0 Å². The van der Waals surface area contributed by atoms with Crippen LogP contribution in [0, 0.1) is 22.6 Å². The molecule has 2 atom stereocenters. The van der Waals surface area contributed by atoms with Crippen molar-refractivity contribution in [2.24, 2.45) is 11.3 Å². The van der Waals surface area contributed by atoms with Gasteiger partial charge in [-0.05, 0) is 89.6 Å². The van der Waals surface area contributed by atoms with Gasteiger partial charge in [0.15, 0.2) is 0 Å². The van der Waals surface area contributed by atoms with E-state index in [4.69, 9.17) is 5.41 Å². The summed E-state index contributed by atoms with van der Waals surface area (Å²) in [7, 11) is 0. The molecule has 0 saturated heterocycles. The molecule has 0 heterocycles. The number of amides is 2. The van der Waals surface area contributed by atoms with Crippen molar-refractivity contribution in [3.8, 4) is 0 Å². The molecule has 38 heavy (non-hydrogen) atoms. The van der Waals surface area contributed by atoms with Crippen molar-refractivity contribution in [1.82, 2.24) is 10.6 Å². The molecule has 0 aliphatic heterocycles. The Kier molecular flexibility index (Phi) is 8.50. The molecular formula is C32H39FN4O. The second-order valence-electron chi connectivity index (χ2n) is 11.4. The Morgan fingerprint density at radius 1 is 1.11 bits per heavy atom. The highest BCUT2D eigenvalue weighted by molar-refractivity contribution is 5.87. The van der Waals surface area contributed by atoms with E-state index >= 15 is 0 Å². The Bertz CT molecular complexity index is 1270. The Hall–Kier alpha value is -3.67. The van der Waals surface area contributed by atoms with Gasteiger partial charge in [0, 0.05) is 29.7 Å². The summed E-state index contributed by atoms with van der Waals surface area (Å²) in [4.78, 5) is 12.9. The molecule has 0 bridgehead atoms. The van der Waals surface area contributed by atoms with E-state index < -0.39 is 0 Å². The number of aryl methyl sites for hydroxylation is 1. The number of fused-ring (bicyclic) bond motifs is 1. The maximum Gasteiger partial charge on any atom is 0.315 e. The first kappa shape index (κ1) is 27.4. The fourth-order valence-electron chi connectivity index (χ4n) is 5.45. The lowest BCUT2D eigenvalue weighted by Crippen LogP contribution is -2.43. The van der Waals surface area contributed by atoms with Gasteiger partial charge in [0.2, 0.25) is 0 Å². The highest BCUT2D eigenvalue weighted by atomic mass is 19.1. The largest absolute Gasteiger partial charge is 0.355 e. The lowest BCUT2D eigenvalue weighted by Gasteiger charge is -2.36. The summed E-state index contributed by atoms with van der Waals surface area (Å²) in [5.74, 6) is 0.351. The monoisotopic (exact) mass is 514 g/mol. The van der Waals surface area contributed by atoms with Crippen molar-refractivity contribution in [3.63, 3.8) is 0 Å². The van der Waals surface area contributed by atoms with Gasteiger partial charge in [-0.1, -0.05) is 58.0 Å². The quantitative estimate of drug-likeness (QED) is 0.209. The first-order valence-electron chi connectivity index (χ1n) is 13.5. The zero-order valence-electron chi connectivity index (χ0n) is 22.8. The van der Waals surface area contributed by atoms with Gasteiger partial charge in [0.25, 0.3) is 0 Å². The van der Waals surface area contributed by atoms with Crippen LogP contribution in [0.1, 0.15) is 74.8 Å². The van der Waals surface area contributed by atoms with Crippen LogP contribution in [-0.4, -0.2) is 18.8 Å². The van der Waals surface area contributed by atoms with Crippen LogP contribution >= 0.6 is 0 Å². The molecule has 0 radical (unpaired) electrons. The zero-order chi connectivity index (χ0) is 27.3. The second kappa shape index (κ2) is 11.8. The summed E-state index contributed by atoms with van der Waals surface area (Å²) in [5.41, 5.74) is 5.77. The zero-order valence-corrected chi connectivity index (χ0v) is 22.8. The van der Waals surface area contributed by atoms with E-state index in [2.05, 4.69) is 67.9 Å². The maximum absolute atomic E-state index is 13.3. The molecule has 1 unspecified atom stereocenters. The SMILES string of the molecule is CC(C)CC(c1ccc(Nc2ccc(F)cc2)c(C=N)c1)C(C)(C)CNC(=O)N[C@H]1CCc2ccccc21. The number of urea groups is 1. The number of rotatable bonds is 10. The van der Waals surface area contributed by atoms with Crippen molar-refractivity contribution < 1.29 is 9.18 Å². The Balaban J connectivity index is 1.47. The molecule has 3 aromatic rings. The van der Waals surface area contributed by atoms with Gasteiger partial charge in [0.05, 0.1) is 6.04 Å². The lowest BCUT2D eigenvalue weighted by molar-refractivity contribution is 0.215. The van der Waals surface area contributed by atoms with Crippen LogP contribution in [0.25, 0.3) is 0 Å². The van der Waals surface area contributed by atoms with Crippen LogP contribution in [0.3, 0.4) is 0 Å². The van der Waals surface area contributed by atoms with Crippen molar-refractivity contribution in [2.45, 2.75) is 58.9 Å². The Morgan fingerprint density at radius 3 is 2.55 bits per heavy atom. The number of halogens is 1. The van der Waals surface area contributed by atoms with E-state index in [1.54, 1.807) is 12.1 Å². The summed E-state index contributed by atoms with van der Waals surface area (Å²) in [5, 5.41) is 17.6. The third-order valence-electron chi connectivity index (χ3n) is 7.55. The molecule has 0 fully saturated rings. The smallest absolute Gasteiger partial charge is 0.315 e. The highest BCUT2D eigenvalue weighted by Gasteiger charge is 2.33. The summed E-state index contributed by atoms with van der Waals surface area (Å²) in [6.07, 6.45) is 4.22. The van der Waals surface area contributed by atoms with Gasteiger partial charge in [0.1, 0.15) is 5.82 Å². The van der Waals surface area contributed by atoms with Gasteiger partial charge in [-0.3, -0.25) is 0 Å². The van der Waals surface area contributed by atoms with E-state index in [0.717, 1.165) is 41.8 Å². The van der Waals surface area contributed by atoms with E-state index in [0.29, 0.717) is 12.5 Å². The predicted molar refractivity (Wildman–Crippen MR) is 154 cm³/mol. The molecule has 4 rings (SSSR count). The summed E-state index contributed by atoms with van der Waals surface area (Å²) in [6, 6.07) is 20.6. The van der Waals surface area contributed by atoms with Crippen LogP contribution in [0.15, 0.2) is 66.7 Å². The third kappa shape index (κ3) is 6.60. The van der Waals surface area contributed by atoms with Crippen LogP contribution < -0.4 is 16.0 Å². The van der Waals surface area contributed by atoms with Crippen molar-refractivity contribution in [1.29, 1.82) is 5.41 Å². The molecule has 0 spiro atoms. The molecule has 0 saturated carbocycles. The first-order valence-corrected chi connectivity index (χ1v) is 13.5. The van der Waals surface area contributed by atoms with Gasteiger partial charge in [-0.25, -0.2) is 9.18 Å². The normalized spacial score (nSPS) is 15.6. The van der Waals surface area contributed by atoms with E-state index in [9.17, 15) is 9.18 Å². The molecule has 200 valence electrons. The number of anilines is 2. The van der Waals surface area contributed by atoms with E-state index in [-0.39, 0.29) is 29.2 Å². The summed E-state index contributed by atoms with van der Waals surface area (Å²) < 4.78 is 13.3. The van der Waals surface area contributed by atoms with Crippen molar-refractivity contribution in [3.05, 3.63) is 94.8 Å². The number of nitrogens with one attached hydrogen (secondary N) is 4. The topological polar surface area (TPSA) is 77.0 Å². The van der Waals surface area contributed by atoms with Gasteiger partial charge in [-0.15, -0.1) is 0 Å². The standard InChI is InChI=1S/C32H39FN4O/c1-21(2)17-28(23-10-15-29(24(18-23)19-34)36-26-13-11-25(33)12-14-26)32(3,4)20-35-31(38)37-30-16-9-22-7-5-6-8-27(22)30/h5-8,10-15,18-19,21,28,30,34,36H,9,16-17,20H2,1-4H3,(H2,35,37,38)/t28?,30-/m0/s1. The van der Waals surface area contributed by atoms with E-state index in [1.807, 2.05) is 18.2 Å². The minimum Gasteiger partial charge on any atom is -0.355 e. The minimum absolute atomic E-state index is 0.0528. The lowest BCUT2D eigenvalue weighted by atomic mass is 9.71. The summed E-state index contributed by atoms with van der Waals surface area (Å²) in [6.45, 7) is 9.34. The molecule has 1 aliphatic carbocycles. The Labute approximate surface area is 225 Å². The van der Waals surface area contributed by atoms with Gasteiger partial charge in [-0.2, -0.15) is 0 Å². The van der Waals surface area contributed by atoms with Crippen molar-refractivity contribution in [2.75, 3.05) is 11.9 Å². The molecule has 0 aromatic heterocycles. The number of carbonyl (C=O) groups is 1. The molecule has 5 nitrogen and oxygen atoms in total. The fraction of sp³-hybridized carbons (Fsp3) is 0.375. The average molecular weight is 515 g/mol. The predicted octanol–water partition coefficient (Wildman–Crippen LogP) is 7.71. The van der Waals surface area contributed by atoms with Crippen molar-refractivity contribution >= 4 is 23.6 Å². The first-order chi connectivity index (χ1) is 18.2. The molecule has 4 N–H and O–H groups in total. The number of benzene rings is 3. The van der Waals surface area contributed by atoms with Crippen LogP contribution in [0.4, 0.5) is 20.6 Å². The minimum atomic E-state index is -0.285. The molecule has 1 aliphatic rings.